The summed E-state index contributed by atoms with van der Waals surface area (Å²) in [4.78, 5) is 23.8. The molecule has 2 heterocycles. The topological polar surface area (TPSA) is 147 Å². The van der Waals surface area contributed by atoms with Crippen molar-refractivity contribution >= 4 is 23.6 Å². The minimum atomic E-state index is -1.50. The van der Waals surface area contributed by atoms with E-state index in [-0.39, 0.29) is 70.5 Å². The Morgan fingerprint density at radius 2 is 1.66 bits per heavy atom. The van der Waals surface area contributed by atoms with E-state index in [1.165, 1.54) is 0 Å². The first-order valence-electron chi connectivity index (χ1n) is 23.9. The van der Waals surface area contributed by atoms with Crippen molar-refractivity contribution in [3.05, 3.63) is 132 Å². The van der Waals surface area contributed by atoms with Crippen LogP contribution in [0, 0.1) is 17.8 Å². The van der Waals surface area contributed by atoms with Gasteiger partial charge in [-0.3, -0.25) is 4.90 Å². The SMILES string of the molecule is C=CCOC12Oc3ccc(Oc4ccc(SC)cc4)cc3C3C(CCCCO)C(CCCCO)C=C(C(=NOCC)CC1N(Cc1ccc4c(c1)OCO4)C(=O)OCCOCc1ccccc1)C32. The first-order valence-corrected chi connectivity index (χ1v) is 25.1. The predicted octanol–water partition coefficient (Wildman–Crippen LogP) is 10.4. The highest BCUT2D eigenvalue weighted by Crippen LogP contribution is 2.62. The summed E-state index contributed by atoms with van der Waals surface area (Å²) >= 11 is 1.67. The van der Waals surface area contributed by atoms with Gasteiger partial charge in [0.25, 0.3) is 0 Å². The largest absolute Gasteiger partial charge is 0.459 e. The molecule has 8 rings (SSSR count). The lowest BCUT2D eigenvalue weighted by Crippen LogP contribution is -2.70. The zero-order valence-electron chi connectivity index (χ0n) is 39.1. The van der Waals surface area contributed by atoms with Gasteiger partial charge in [-0.2, -0.15) is 0 Å². The number of hydrogen-bond acceptors (Lipinski definition) is 13. The van der Waals surface area contributed by atoms with Crippen LogP contribution in [0.4, 0.5) is 4.79 Å². The van der Waals surface area contributed by atoms with E-state index >= 15 is 4.79 Å². The Kier molecular flexibility index (Phi) is 17.0. The van der Waals surface area contributed by atoms with E-state index in [1.807, 2.05) is 98.1 Å². The highest BCUT2D eigenvalue weighted by Gasteiger charge is 2.65. The van der Waals surface area contributed by atoms with E-state index in [0.29, 0.717) is 60.5 Å². The van der Waals surface area contributed by atoms with E-state index in [0.717, 1.165) is 52.8 Å². The van der Waals surface area contributed by atoms with Crippen LogP contribution in [0.25, 0.3) is 0 Å². The number of amides is 1. The number of hydrogen-bond donors (Lipinski definition) is 2. The lowest BCUT2D eigenvalue weighted by Gasteiger charge is -2.59. The number of oxime groups is 1. The molecule has 362 valence electrons. The van der Waals surface area contributed by atoms with Crippen molar-refractivity contribution in [1.29, 1.82) is 0 Å². The molecular formula is C54H64N2O11S. The molecule has 0 radical (unpaired) electrons. The number of ether oxygens (including phenoxy) is 7. The summed E-state index contributed by atoms with van der Waals surface area (Å²) in [6, 6.07) is 28.7. The van der Waals surface area contributed by atoms with Crippen molar-refractivity contribution < 1.29 is 53.0 Å². The second-order valence-electron chi connectivity index (χ2n) is 17.4. The molecule has 4 aromatic rings. The van der Waals surface area contributed by atoms with Crippen molar-refractivity contribution in [2.24, 2.45) is 22.9 Å². The van der Waals surface area contributed by atoms with Crippen LogP contribution in [0.1, 0.15) is 74.5 Å². The van der Waals surface area contributed by atoms with E-state index in [1.54, 1.807) is 22.7 Å². The third-order valence-electron chi connectivity index (χ3n) is 13.2. The summed E-state index contributed by atoms with van der Waals surface area (Å²) in [6.45, 7) is 7.37. The minimum Gasteiger partial charge on any atom is -0.459 e. The normalized spacial score (nSPS) is 22.6. The maximum Gasteiger partial charge on any atom is 0.410 e. The number of rotatable bonds is 24. The van der Waals surface area contributed by atoms with Gasteiger partial charge in [-0.1, -0.05) is 66.5 Å². The van der Waals surface area contributed by atoms with Crippen molar-refractivity contribution in [1.82, 2.24) is 4.90 Å². The average molecular weight is 949 g/mol. The number of carbonyl (C=O) groups excluding carboxylic acids is 1. The molecule has 2 aliphatic carbocycles. The van der Waals surface area contributed by atoms with Crippen LogP contribution < -0.4 is 18.9 Å². The number of thioether (sulfide) groups is 1. The molecule has 1 fully saturated rings. The molecule has 6 atom stereocenters. The molecule has 4 aromatic carbocycles. The fourth-order valence-corrected chi connectivity index (χ4v) is 10.6. The maximum atomic E-state index is 15.0. The Hall–Kier alpha value is -5.51. The van der Waals surface area contributed by atoms with Crippen LogP contribution in [0.3, 0.4) is 0 Å². The molecule has 14 heteroatoms. The molecule has 1 amide bonds. The van der Waals surface area contributed by atoms with Gasteiger partial charge in [-0.25, -0.2) is 4.79 Å². The zero-order chi connectivity index (χ0) is 47.3. The van der Waals surface area contributed by atoms with Crippen molar-refractivity contribution in [2.75, 3.05) is 52.7 Å². The standard InChI is InChI=1S/C54H64N2O11S/c1-4-27-64-54-50(56(34-38-17-23-48-49(30-38)63-36-62-48)53(59)61-29-28-60-35-37-13-7-6-8-14-37)33-46(55-65-5-2)44-31-39(15-9-11-25-57)43(16-10-12-26-58)51(52(44)54)45-32-41(20-24-47(45)67-54)66-40-18-21-42(68-3)22-19-40/h4,6-8,13-14,17-24,30-32,39,43,50-52,57-58H,1,5,9-12,15-16,25-29,33-36H2,2-3H3. The zero-order valence-corrected chi connectivity index (χ0v) is 39.9. The fourth-order valence-electron chi connectivity index (χ4n) is 10.2. The van der Waals surface area contributed by atoms with E-state index < -0.39 is 23.8 Å². The van der Waals surface area contributed by atoms with Gasteiger partial charge in [0, 0.05) is 42.6 Å². The number of allylic oxidation sites excluding steroid dienone is 1. The van der Waals surface area contributed by atoms with Crippen molar-refractivity contribution in [2.45, 2.75) is 87.7 Å². The summed E-state index contributed by atoms with van der Waals surface area (Å²) in [7, 11) is 0. The van der Waals surface area contributed by atoms with Gasteiger partial charge in [0.05, 0.1) is 31.5 Å². The van der Waals surface area contributed by atoms with Crippen LogP contribution in [-0.4, -0.2) is 91.4 Å². The van der Waals surface area contributed by atoms with Gasteiger partial charge in [0.1, 0.15) is 36.5 Å². The molecule has 4 aliphatic rings. The summed E-state index contributed by atoms with van der Waals surface area (Å²) in [6.07, 6.45) is 10.2. The number of nitrogens with zero attached hydrogens (tertiary/aromatic N) is 2. The van der Waals surface area contributed by atoms with Crippen molar-refractivity contribution in [3.63, 3.8) is 0 Å². The smallest absolute Gasteiger partial charge is 0.410 e. The average Bonchev–Trinajstić information content (AvgIpc) is 3.84. The predicted molar refractivity (Wildman–Crippen MR) is 260 cm³/mol. The minimum absolute atomic E-state index is 0.00255. The van der Waals surface area contributed by atoms with E-state index in [2.05, 4.69) is 18.7 Å². The summed E-state index contributed by atoms with van der Waals surface area (Å²) < 4.78 is 44.7. The Balaban J connectivity index is 1.26. The lowest BCUT2D eigenvalue weighted by molar-refractivity contribution is -0.256. The maximum absolute atomic E-state index is 15.0. The third kappa shape index (κ3) is 11.2. The van der Waals surface area contributed by atoms with Gasteiger partial charge in [-0.05, 0) is 122 Å². The summed E-state index contributed by atoms with van der Waals surface area (Å²) in [5, 5.41) is 24.9. The highest BCUT2D eigenvalue weighted by atomic mass is 32.2. The molecule has 0 aromatic heterocycles. The second-order valence-corrected chi connectivity index (χ2v) is 18.3. The van der Waals surface area contributed by atoms with Crippen molar-refractivity contribution in [3.8, 4) is 28.7 Å². The molecule has 1 saturated carbocycles. The van der Waals surface area contributed by atoms with Crippen LogP contribution >= 0.6 is 11.8 Å². The van der Waals surface area contributed by atoms with E-state index in [4.69, 9.17) is 43.2 Å². The number of aliphatic hydroxyl groups excluding tert-OH is 2. The van der Waals surface area contributed by atoms with Crippen LogP contribution in [0.2, 0.25) is 0 Å². The Morgan fingerprint density at radius 3 is 2.43 bits per heavy atom. The Labute approximate surface area is 404 Å². The van der Waals surface area contributed by atoms with Gasteiger partial charge in [0.2, 0.25) is 12.6 Å². The fraction of sp³-hybridized carbons (Fsp3) is 0.444. The van der Waals surface area contributed by atoms with Gasteiger partial charge in [-0.15, -0.1) is 18.3 Å². The van der Waals surface area contributed by atoms with Gasteiger partial charge < -0.3 is 48.2 Å². The quantitative estimate of drug-likeness (QED) is 0.0298. The number of unbranched alkanes of at least 4 members (excludes halogenated alkanes) is 2. The Morgan fingerprint density at radius 1 is 0.897 bits per heavy atom. The second kappa shape index (κ2) is 23.7. The molecule has 0 spiro atoms. The molecule has 2 aliphatic heterocycles. The summed E-state index contributed by atoms with van der Waals surface area (Å²) in [5.41, 5.74) is 4.38. The van der Waals surface area contributed by atoms with Crippen LogP contribution in [-0.2, 0) is 32.2 Å². The molecule has 13 nitrogen and oxygen atoms in total. The number of fused-ring (bicyclic) bond motifs is 3. The van der Waals surface area contributed by atoms with Crippen LogP contribution in [0.5, 0.6) is 28.7 Å². The van der Waals surface area contributed by atoms with Gasteiger partial charge in [0.15, 0.2) is 11.5 Å². The first-order chi connectivity index (χ1) is 33.4. The number of carbonyl (C=O) groups is 1. The van der Waals surface area contributed by atoms with Crippen LogP contribution in [0.15, 0.2) is 125 Å². The molecular weight excluding hydrogens is 885 g/mol. The van der Waals surface area contributed by atoms with Gasteiger partial charge >= 0.3 is 6.09 Å². The summed E-state index contributed by atoms with van der Waals surface area (Å²) in [5.74, 6) is 1.03. The molecule has 2 N–H and O–H groups in total. The third-order valence-corrected chi connectivity index (χ3v) is 14.0. The van der Waals surface area contributed by atoms with E-state index in [9.17, 15) is 10.2 Å². The molecule has 0 bridgehead atoms. The number of benzene rings is 4. The number of aliphatic hydroxyl groups is 2. The molecule has 6 unspecified atom stereocenters. The molecule has 68 heavy (non-hydrogen) atoms. The Bertz CT molecular complexity index is 2360. The lowest BCUT2D eigenvalue weighted by atomic mass is 9.55. The highest BCUT2D eigenvalue weighted by molar-refractivity contribution is 7.98. The molecule has 0 saturated heterocycles. The first kappa shape index (κ1) is 48.9. The monoisotopic (exact) mass is 948 g/mol.